The van der Waals surface area contributed by atoms with E-state index in [1.807, 2.05) is 0 Å². The molecule has 2 aromatic carbocycles. The summed E-state index contributed by atoms with van der Waals surface area (Å²) < 4.78 is 40.3. The van der Waals surface area contributed by atoms with E-state index in [4.69, 9.17) is 0 Å². The van der Waals surface area contributed by atoms with Crippen LogP contribution in [0.3, 0.4) is 0 Å². The Kier molecular flexibility index (Phi) is 5.35. The quantitative estimate of drug-likeness (QED) is 0.709. The minimum Gasteiger partial charge on any atom is -0.350 e. The lowest BCUT2D eigenvalue weighted by molar-refractivity contribution is 0.102. The number of para-hydroxylation sites is 1. The third kappa shape index (κ3) is 4.60. The highest BCUT2D eigenvalue weighted by Gasteiger charge is 2.16. The Morgan fingerprint density at radius 1 is 1.00 bits per heavy atom. The number of benzene rings is 2. The van der Waals surface area contributed by atoms with Crippen molar-refractivity contribution in [2.24, 2.45) is 0 Å². The molecule has 8 heteroatoms. The van der Waals surface area contributed by atoms with Crippen molar-refractivity contribution in [1.29, 1.82) is 0 Å². The van der Waals surface area contributed by atoms with Crippen molar-refractivity contribution < 1.29 is 18.0 Å². The van der Waals surface area contributed by atoms with Crippen LogP contribution in [0.15, 0.2) is 48.5 Å². The molecule has 0 saturated heterocycles. The van der Waals surface area contributed by atoms with Crippen molar-refractivity contribution in [1.82, 2.24) is 9.97 Å². The molecule has 138 valence electrons. The van der Waals surface area contributed by atoms with E-state index in [9.17, 15) is 18.0 Å². The molecule has 0 aliphatic carbocycles. The Balaban J connectivity index is 1.76. The van der Waals surface area contributed by atoms with Gasteiger partial charge in [0.1, 0.15) is 28.8 Å². The summed E-state index contributed by atoms with van der Waals surface area (Å²) in [5, 5.41) is 5.11. The lowest BCUT2D eigenvalue weighted by Gasteiger charge is -2.10. The molecule has 1 heterocycles. The average Bonchev–Trinajstić information content (AvgIpc) is 2.64. The monoisotopic (exact) mass is 372 g/mol. The number of carbonyl (C=O) groups is 1. The van der Waals surface area contributed by atoms with Crippen LogP contribution in [0.1, 0.15) is 21.7 Å². The molecule has 0 atom stereocenters. The van der Waals surface area contributed by atoms with Crippen LogP contribution in [0.2, 0.25) is 0 Å². The van der Waals surface area contributed by atoms with E-state index < -0.39 is 23.2 Å². The fourth-order valence-corrected chi connectivity index (χ4v) is 2.34. The van der Waals surface area contributed by atoms with E-state index in [-0.39, 0.29) is 17.5 Å². The third-order valence-corrected chi connectivity index (χ3v) is 3.65. The largest absolute Gasteiger partial charge is 0.350 e. The normalized spacial score (nSPS) is 10.5. The first kappa shape index (κ1) is 18.4. The van der Waals surface area contributed by atoms with Gasteiger partial charge in [-0.15, -0.1) is 0 Å². The molecule has 0 unspecified atom stereocenters. The molecule has 27 heavy (non-hydrogen) atoms. The zero-order valence-electron chi connectivity index (χ0n) is 14.3. The molecular formula is C19H15F3N4O. The Hall–Kier alpha value is -3.42. The first-order valence-corrected chi connectivity index (χ1v) is 8.02. The van der Waals surface area contributed by atoms with Gasteiger partial charge in [0.05, 0.1) is 0 Å². The van der Waals surface area contributed by atoms with Crippen molar-refractivity contribution in [2.45, 2.75) is 13.5 Å². The highest BCUT2D eigenvalue weighted by Crippen LogP contribution is 2.19. The Labute approximate surface area is 153 Å². The molecule has 1 amide bonds. The lowest BCUT2D eigenvalue weighted by atomic mass is 10.2. The molecule has 0 aliphatic heterocycles. The first-order valence-electron chi connectivity index (χ1n) is 8.02. The van der Waals surface area contributed by atoms with Gasteiger partial charge in [0.25, 0.3) is 5.91 Å². The van der Waals surface area contributed by atoms with Gasteiger partial charge in [-0.2, -0.15) is 0 Å². The van der Waals surface area contributed by atoms with Crippen LogP contribution in [-0.2, 0) is 6.54 Å². The average molecular weight is 372 g/mol. The number of aromatic nitrogens is 2. The number of carbonyl (C=O) groups excluding carboxylic acids is 1. The number of aryl methyl sites for hydroxylation is 1. The number of nitrogens with one attached hydrogen (secondary N) is 2. The Bertz CT molecular complexity index is 957. The number of hydrogen-bond donors (Lipinski definition) is 2. The highest BCUT2D eigenvalue weighted by atomic mass is 19.1. The smallest absolute Gasteiger partial charge is 0.274 e. The van der Waals surface area contributed by atoms with E-state index in [0.717, 1.165) is 17.7 Å². The lowest BCUT2D eigenvalue weighted by Crippen LogP contribution is -2.17. The van der Waals surface area contributed by atoms with Gasteiger partial charge < -0.3 is 10.6 Å². The van der Waals surface area contributed by atoms with E-state index in [0.29, 0.717) is 12.2 Å². The molecule has 5 nitrogen and oxygen atoms in total. The summed E-state index contributed by atoms with van der Waals surface area (Å²) in [5.74, 6) is -2.72. The minimum absolute atomic E-state index is 0.0493. The molecule has 0 fully saturated rings. The maximum Gasteiger partial charge on any atom is 0.274 e. The summed E-state index contributed by atoms with van der Waals surface area (Å²) in [6, 6.07) is 10.5. The molecule has 3 aromatic rings. The maximum absolute atomic E-state index is 13.7. The van der Waals surface area contributed by atoms with Crippen molar-refractivity contribution in [3.63, 3.8) is 0 Å². The first-order chi connectivity index (χ1) is 12.9. The van der Waals surface area contributed by atoms with Crippen molar-refractivity contribution in [2.75, 3.05) is 10.6 Å². The number of anilines is 2. The number of amides is 1. The van der Waals surface area contributed by atoms with Crippen molar-refractivity contribution >= 4 is 17.5 Å². The maximum atomic E-state index is 13.7. The molecule has 0 saturated carbocycles. The molecule has 0 radical (unpaired) electrons. The second-order valence-corrected chi connectivity index (χ2v) is 5.75. The van der Waals surface area contributed by atoms with Gasteiger partial charge in [0.15, 0.2) is 0 Å². The van der Waals surface area contributed by atoms with Crippen LogP contribution in [0.5, 0.6) is 0 Å². The number of rotatable bonds is 5. The summed E-state index contributed by atoms with van der Waals surface area (Å²) in [4.78, 5) is 20.6. The van der Waals surface area contributed by atoms with Gasteiger partial charge in [-0.1, -0.05) is 18.2 Å². The van der Waals surface area contributed by atoms with Crippen LogP contribution >= 0.6 is 0 Å². The highest BCUT2D eigenvalue weighted by molar-refractivity contribution is 6.03. The fraction of sp³-hybridized carbons (Fsp3) is 0.105. The predicted molar refractivity (Wildman–Crippen MR) is 94.8 cm³/mol. The van der Waals surface area contributed by atoms with Crippen LogP contribution < -0.4 is 10.6 Å². The van der Waals surface area contributed by atoms with Crippen LogP contribution in [-0.4, -0.2) is 15.9 Å². The van der Waals surface area contributed by atoms with Crippen LogP contribution in [0, 0.1) is 24.4 Å². The third-order valence-electron chi connectivity index (χ3n) is 3.65. The molecule has 1 aromatic heterocycles. The van der Waals surface area contributed by atoms with Crippen LogP contribution in [0.25, 0.3) is 0 Å². The van der Waals surface area contributed by atoms with Gasteiger partial charge in [-0.3, -0.25) is 4.79 Å². The summed E-state index contributed by atoms with van der Waals surface area (Å²) in [6.07, 6.45) is 0. The van der Waals surface area contributed by atoms with Crippen LogP contribution in [0.4, 0.5) is 24.8 Å². The molecule has 3 rings (SSSR count). The fourth-order valence-electron chi connectivity index (χ4n) is 2.34. The molecule has 0 aliphatic rings. The summed E-state index contributed by atoms with van der Waals surface area (Å²) in [7, 11) is 0. The second-order valence-electron chi connectivity index (χ2n) is 5.75. The van der Waals surface area contributed by atoms with Gasteiger partial charge in [-0.05, 0) is 42.8 Å². The van der Waals surface area contributed by atoms with Crippen molar-refractivity contribution in [3.8, 4) is 0 Å². The molecule has 0 bridgehead atoms. The zero-order chi connectivity index (χ0) is 19.4. The number of nitrogens with zero attached hydrogens (tertiary/aromatic N) is 2. The van der Waals surface area contributed by atoms with Crippen molar-refractivity contribution in [3.05, 3.63) is 82.9 Å². The van der Waals surface area contributed by atoms with E-state index in [1.54, 1.807) is 19.1 Å². The molecule has 2 N–H and O–H groups in total. The Morgan fingerprint density at radius 3 is 2.33 bits per heavy atom. The standard InChI is InChI=1S/C19H15F3N4O/c1-11-9-16(18(27)26-17-14(21)3-2-4-15(17)22)25-19(24-11)23-10-12-5-7-13(20)8-6-12/h2-9H,10H2,1H3,(H,26,27)(H,23,24,25). The van der Waals surface area contributed by atoms with E-state index >= 15 is 0 Å². The predicted octanol–water partition coefficient (Wildman–Crippen LogP) is 4.07. The summed E-state index contributed by atoms with van der Waals surface area (Å²) in [5.41, 5.74) is 0.693. The Morgan fingerprint density at radius 2 is 1.67 bits per heavy atom. The minimum atomic E-state index is -0.885. The van der Waals surface area contributed by atoms with Gasteiger partial charge in [-0.25, -0.2) is 23.1 Å². The van der Waals surface area contributed by atoms with E-state index in [2.05, 4.69) is 20.6 Å². The van der Waals surface area contributed by atoms with Gasteiger partial charge in [0.2, 0.25) is 5.95 Å². The van der Waals surface area contributed by atoms with Gasteiger partial charge in [0, 0.05) is 12.2 Å². The topological polar surface area (TPSA) is 66.9 Å². The zero-order valence-corrected chi connectivity index (χ0v) is 14.3. The summed E-state index contributed by atoms with van der Waals surface area (Å²) in [6.45, 7) is 1.97. The SMILES string of the molecule is Cc1cc(C(=O)Nc2c(F)cccc2F)nc(NCc2ccc(F)cc2)n1. The number of hydrogen-bond acceptors (Lipinski definition) is 4. The van der Waals surface area contributed by atoms with Gasteiger partial charge >= 0.3 is 0 Å². The molecule has 0 spiro atoms. The molecular weight excluding hydrogens is 357 g/mol. The summed E-state index contributed by atoms with van der Waals surface area (Å²) >= 11 is 0. The second kappa shape index (κ2) is 7.86. The number of halogens is 3. The van der Waals surface area contributed by atoms with E-state index in [1.165, 1.54) is 24.3 Å².